The van der Waals surface area contributed by atoms with Crippen LogP contribution < -0.4 is 5.73 Å². The molecule has 2 heterocycles. The van der Waals surface area contributed by atoms with Gasteiger partial charge in [-0.15, -0.1) is 11.3 Å². The molecule has 0 amide bonds. The number of hydrogen-bond acceptors (Lipinski definition) is 6. The van der Waals surface area contributed by atoms with Crippen molar-refractivity contribution in [1.82, 2.24) is 19.8 Å². The van der Waals surface area contributed by atoms with Crippen molar-refractivity contribution >= 4 is 27.4 Å². The number of anilines is 1. The van der Waals surface area contributed by atoms with Gasteiger partial charge in [-0.1, -0.05) is 0 Å². The molecule has 0 saturated carbocycles. The van der Waals surface area contributed by atoms with Gasteiger partial charge in [-0.05, 0) is 40.6 Å². The fourth-order valence-corrected chi connectivity index (χ4v) is 3.14. The summed E-state index contributed by atoms with van der Waals surface area (Å²) in [5, 5.41) is 1.02. The quantitative estimate of drug-likeness (QED) is 0.912. The van der Waals surface area contributed by atoms with Crippen molar-refractivity contribution in [1.29, 1.82) is 0 Å². The summed E-state index contributed by atoms with van der Waals surface area (Å²) in [6, 6.07) is 0. The third kappa shape index (κ3) is 3.26. The average Bonchev–Trinajstić information content (AvgIpc) is 2.62. The molecule has 0 fully saturated rings. The SMILES string of the molecule is Cc1sc2nc(CN(C)CCN(C)C)nc(N)c2c1C. The minimum atomic E-state index is 0.604. The van der Waals surface area contributed by atoms with Crippen LogP contribution in [0, 0.1) is 13.8 Å². The van der Waals surface area contributed by atoms with Crippen molar-refractivity contribution in [2.24, 2.45) is 0 Å². The maximum atomic E-state index is 6.10. The zero-order valence-electron chi connectivity index (χ0n) is 12.9. The summed E-state index contributed by atoms with van der Waals surface area (Å²) in [4.78, 5) is 15.8. The van der Waals surface area contributed by atoms with Crippen LogP contribution in [0.4, 0.5) is 5.82 Å². The Morgan fingerprint density at radius 3 is 2.45 bits per heavy atom. The van der Waals surface area contributed by atoms with Crippen LogP contribution in [0.5, 0.6) is 0 Å². The van der Waals surface area contributed by atoms with Gasteiger partial charge in [0.25, 0.3) is 0 Å². The zero-order chi connectivity index (χ0) is 14.9. The summed E-state index contributed by atoms with van der Waals surface area (Å²) in [6.45, 7) is 6.91. The van der Waals surface area contributed by atoms with E-state index in [-0.39, 0.29) is 0 Å². The molecule has 5 nitrogen and oxygen atoms in total. The molecule has 110 valence electrons. The topological polar surface area (TPSA) is 58.3 Å². The Kier molecular flexibility index (Phi) is 4.57. The number of nitrogens with two attached hydrogens (primary N) is 1. The smallest absolute Gasteiger partial charge is 0.146 e. The molecular weight excluding hydrogens is 270 g/mol. The summed E-state index contributed by atoms with van der Waals surface area (Å²) >= 11 is 1.69. The Hall–Kier alpha value is -1.24. The molecule has 2 aromatic heterocycles. The fourth-order valence-electron chi connectivity index (χ4n) is 2.09. The van der Waals surface area contributed by atoms with Crippen LogP contribution in [0.25, 0.3) is 10.2 Å². The standard InChI is InChI=1S/C14H23N5S/c1-9-10(2)20-14-12(9)13(15)16-11(17-14)8-19(5)7-6-18(3)4/h6-8H2,1-5H3,(H2,15,16,17). The molecule has 0 bridgehead atoms. The lowest BCUT2D eigenvalue weighted by atomic mass is 10.2. The molecule has 2 aromatic rings. The first-order valence-electron chi connectivity index (χ1n) is 6.74. The van der Waals surface area contributed by atoms with Gasteiger partial charge in [0.2, 0.25) is 0 Å². The maximum absolute atomic E-state index is 6.10. The van der Waals surface area contributed by atoms with Crippen LogP contribution in [-0.2, 0) is 6.54 Å². The van der Waals surface area contributed by atoms with Crippen molar-refractivity contribution in [3.05, 3.63) is 16.3 Å². The third-order valence-corrected chi connectivity index (χ3v) is 4.54. The highest BCUT2D eigenvalue weighted by molar-refractivity contribution is 7.18. The van der Waals surface area contributed by atoms with E-state index in [4.69, 9.17) is 5.73 Å². The van der Waals surface area contributed by atoms with Crippen LogP contribution >= 0.6 is 11.3 Å². The number of hydrogen-bond donors (Lipinski definition) is 1. The van der Waals surface area contributed by atoms with E-state index in [0.717, 1.165) is 35.7 Å². The summed E-state index contributed by atoms with van der Waals surface area (Å²) in [6.07, 6.45) is 0. The number of nitrogens with zero attached hydrogens (tertiary/aromatic N) is 4. The van der Waals surface area contributed by atoms with Gasteiger partial charge in [-0.2, -0.15) is 0 Å². The van der Waals surface area contributed by atoms with Gasteiger partial charge in [0.1, 0.15) is 16.5 Å². The Morgan fingerprint density at radius 2 is 1.80 bits per heavy atom. The maximum Gasteiger partial charge on any atom is 0.146 e. The van der Waals surface area contributed by atoms with Crippen LogP contribution in [0.3, 0.4) is 0 Å². The Morgan fingerprint density at radius 1 is 1.10 bits per heavy atom. The third-order valence-electron chi connectivity index (χ3n) is 3.44. The molecule has 0 aliphatic heterocycles. The lowest BCUT2D eigenvalue weighted by Gasteiger charge is -2.18. The van der Waals surface area contributed by atoms with Crippen LogP contribution in [0.15, 0.2) is 0 Å². The molecule has 0 radical (unpaired) electrons. The summed E-state index contributed by atoms with van der Waals surface area (Å²) in [5.41, 5.74) is 7.30. The van der Waals surface area contributed by atoms with Crippen LogP contribution in [0.1, 0.15) is 16.3 Å². The molecule has 2 rings (SSSR count). The first kappa shape index (κ1) is 15.2. The van der Waals surface area contributed by atoms with Gasteiger partial charge in [-0.25, -0.2) is 9.97 Å². The van der Waals surface area contributed by atoms with Gasteiger partial charge in [0.05, 0.1) is 11.9 Å². The second-order valence-corrected chi connectivity index (χ2v) is 6.73. The van der Waals surface area contributed by atoms with Gasteiger partial charge >= 0.3 is 0 Å². The van der Waals surface area contributed by atoms with E-state index in [9.17, 15) is 0 Å². The highest BCUT2D eigenvalue weighted by Gasteiger charge is 2.13. The molecule has 0 saturated heterocycles. The molecule has 20 heavy (non-hydrogen) atoms. The van der Waals surface area contributed by atoms with Gasteiger partial charge in [0, 0.05) is 18.0 Å². The van der Waals surface area contributed by atoms with Crippen LogP contribution in [-0.4, -0.2) is 54.0 Å². The predicted octanol–water partition coefficient (Wildman–Crippen LogP) is 1.88. The fraction of sp³-hybridized carbons (Fsp3) is 0.571. The van der Waals surface area contributed by atoms with E-state index in [2.05, 4.69) is 54.8 Å². The van der Waals surface area contributed by atoms with Gasteiger partial charge in [-0.3, -0.25) is 4.90 Å². The highest BCUT2D eigenvalue weighted by Crippen LogP contribution is 2.31. The first-order valence-corrected chi connectivity index (χ1v) is 7.55. The van der Waals surface area contributed by atoms with E-state index < -0.39 is 0 Å². The molecule has 0 aromatic carbocycles. The minimum absolute atomic E-state index is 0.604. The molecule has 0 aliphatic rings. The van der Waals surface area contributed by atoms with E-state index in [0.29, 0.717) is 5.82 Å². The molecule has 2 N–H and O–H groups in total. The van der Waals surface area contributed by atoms with Gasteiger partial charge < -0.3 is 10.6 Å². The van der Waals surface area contributed by atoms with Crippen LogP contribution in [0.2, 0.25) is 0 Å². The summed E-state index contributed by atoms with van der Waals surface area (Å²) < 4.78 is 0. The predicted molar refractivity (Wildman–Crippen MR) is 86.2 cm³/mol. The Balaban J connectivity index is 2.19. The lowest BCUT2D eigenvalue weighted by Crippen LogP contribution is -2.29. The summed E-state index contributed by atoms with van der Waals surface area (Å²) in [5.74, 6) is 1.41. The largest absolute Gasteiger partial charge is 0.383 e. The number of rotatable bonds is 5. The zero-order valence-corrected chi connectivity index (χ0v) is 13.7. The number of fused-ring (bicyclic) bond motifs is 1. The van der Waals surface area contributed by atoms with E-state index in [1.807, 2.05) is 0 Å². The monoisotopic (exact) mass is 293 g/mol. The number of thiophene rings is 1. The minimum Gasteiger partial charge on any atom is -0.383 e. The van der Waals surface area contributed by atoms with Gasteiger partial charge in [0.15, 0.2) is 0 Å². The summed E-state index contributed by atoms with van der Waals surface area (Å²) in [7, 11) is 6.23. The normalized spacial score (nSPS) is 11.9. The Bertz CT molecular complexity index is 605. The molecular formula is C14H23N5S. The second-order valence-electron chi connectivity index (χ2n) is 5.53. The molecule has 0 spiro atoms. The first-order chi connectivity index (χ1) is 9.38. The molecule has 0 aliphatic carbocycles. The average molecular weight is 293 g/mol. The van der Waals surface area contributed by atoms with Crippen molar-refractivity contribution in [3.8, 4) is 0 Å². The lowest BCUT2D eigenvalue weighted by molar-refractivity contribution is 0.272. The number of nitrogen functional groups attached to an aromatic ring is 1. The number of aromatic nitrogens is 2. The van der Waals surface area contributed by atoms with Crippen molar-refractivity contribution in [2.45, 2.75) is 20.4 Å². The van der Waals surface area contributed by atoms with E-state index >= 15 is 0 Å². The number of aryl methyl sites for hydroxylation is 2. The van der Waals surface area contributed by atoms with E-state index in [1.54, 1.807) is 11.3 Å². The molecule has 0 unspecified atom stereocenters. The molecule has 6 heteroatoms. The number of likely N-dealkylation sites (N-methyl/N-ethyl adjacent to an activating group) is 2. The van der Waals surface area contributed by atoms with E-state index in [1.165, 1.54) is 10.4 Å². The van der Waals surface area contributed by atoms with Crippen molar-refractivity contribution in [3.63, 3.8) is 0 Å². The van der Waals surface area contributed by atoms with Crippen molar-refractivity contribution in [2.75, 3.05) is 40.0 Å². The second kappa shape index (κ2) is 6.03. The Labute approximate surface area is 124 Å². The van der Waals surface area contributed by atoms with Crippen molar-refractivity contribution < 1.29 is 0 Å². The highest BCUT2D eigenvalue weighted by atomic mass is 32.1. The molecule has 0 atom stereocenters.